The Kier molecular flexibility index (Phi) is 5.39. The van der Waals surface area contributed by atoms with Crippen LogP contribution >= 0.6 is 0 Å². The molecule has 0 aliphatic rings. The number of esters is 1. The van der Waals surface area contributed by atoms with Crippen molar-refractivity contribution in [1.29, 1.82) is 0 Å². The number of aromatic nitrogens is 2. The molecule has 0 aliphatic carbocycles. The number of carbonyl (C=O) groups is 2. The van der Waals surface area contributed by atoms with Crippen molar-refractivity contribution in [2.45, 2.75) is 20.3 Å². The van der Waals surface area contributed by atoms with Gasteiger partial charge in [0.2, 0.25) is 0 Å². The summed E-state index contributed by atoms with van der Waals surface area (Å²) in [5.74, 6) is -0.883. The molecule has 0 bridgehead atoms. The molecule has 2 heterocycles. The van der Waals surface area contributed by atoms with Crippen LogP contribution in [0.5, 0.6) is 0 Å². The summed E-state index contributed by atoms with van der Waals surface area (Å²) in [4.78, 5) is 29.8. The van der Waals surface area contributed by atoms with Crippen LogP contribution in [-0.4, -0.2) is 28.5 Å². The van der Waals surface area contributed by atoms with Crippen molar-refractivity contribution in [3.8, 4) is 11.3 Å². The molecular weight excluding hydrogens is 380 g/mol. The van der Waals surface area contributed by atoms with Crippen LogP contribution in [-0.2, 0) is 11.2 Å². The Morgan fingerprint density at radius 3 is 2.47 bits per heavy atom. The zero-order valence-corrected chi connectivity index (χ0v) is 16.7. The third kappa shape index (κ3) is 3.85. The van der Waals surface area contributed by atoms with Crippen molar-refractivity contribution in [3.63, 3.8) is 0 Å². The summed E-state index contributed by atoms with van der Waals surface area (Å²) in [6.45, 7) is 3.43. The molecular formula is C24H20N2O4. The van der Waals surface area contributed by atoms with E-state index >= 15 is 0 Å². The SMILES string of the molecule is CCc1ccc(C(=O)COC(=O)c2cc(-c3ccccc3)nc3onc(C)c23)cc1. The van der Waals surface area contributed by atoms with Crippen LogP contribution in [0.3, 0.4) is 0 Å². The number of ketones is 1. The third-order valence-electron chi connectivity index (χ3n) is 4.93. The molecule has 0 radical (unpaired) electrons. The van der Waals surface area contributed by atoms with Gasteiger partial charge in [-0.15, -0.1) is 0 Å². The van der Waals surface area contributed by atoms with E-state index in [9.17, 15) is 9.59 Å². The highest BCUT2D eigenvalue weighted by Gasteiger charge is 2.21. The summed E-state index contributed by atoms with van der Waals surface area (Å²) < 4.78 is 10.6. The minimum atomic E-state index is -0.621. The first-order valence-electron chi connectivity index (χ1n) is 9.68. The molecule has 4 aromatic rings. The molecule has 150 valence electrons. The Hall–Kier alpha value is -3.80. The highest BCUT2D eigenvalue weighted by Crippen LogP contribution is 2.27. The molecule has 4 rings (SSSR count). The molecule has 2 aromatic heterocycles. The molecule has 6 heteroatoms. The van der Waals surface area contributed by atoms with E-state index in [0.717, 1.165) is 17.5 Å². The molecule has 0 atom stereocenters. The van der Waals surface area contributed by atoms with E-state index in [1.807, 2.05) is 49.4 Å². The number of pyridine rings is 1. The molecule has 0 unspecified atom stereocenters. The average molecular weight is 400 g/mol. The molecule has 0 saturated heterocycles. The number of hydrogen-bond donors (Lipinski definition) is 0. The average Bonchev–Trinajstić information content (AvgIpc) is 3.18. The molecule has 0 spiro atoms. The second-order valence-corrected chi connectivity index (χ2v) is 6.92. The van der Waals surface area contributed by atoms with Crippen molar-refractivity contribution in [2.24, 2.45) is 0 Å². The van der Waals surface area contributed by atoms with E-state index in [0.29, 0.717) is 22.3 Å². The van der Waals surface area contributed by atoms with Crippen LogP contribution in [0.15, 0.2) is 65.2 Å². The number of benzene rings is 2. The maximum atomic E-state index is 12.9. The van der Waals surface area contributed by atoms with Crippen LogP contribution in [0.1, 0.15) is 38.9 Å². The fourth-order valence-electron chi connectivity index (χ4n) is 3.23. The second-order valence-electron chi connectivity index (χ2n) is 6.92. The van der Waals surface area contributed by atoms with E-state index in [2.05, 4.69) is 10.1 Å². The van der Waals surface area contributed by atoms with Crippen molar-refractivity contribution in [2.75, 3.05) is 6.61 Å². The van der Waals surface area contributed by atoms with E-state index in [4.69, 9.17) is 9.26 Å². The quantitative estimate of drug-likeness (QED) is 0.341. The lowest BCUT2D eigenvalue weighted by atomic mass is 10.1. The van der Waals surface area contributed by atoms with Crippen LogP contribution < -0.4 is 0 Å². The number of hydrogen-bond acceptors (Lipinski definition) is 6. The summed E-state index contributed by atoms with van der Waals surface area (Å²) in [6.07, 6.45) is 0.892. The van der Waals surface area contributed by atoms with Crippen LogP contribution in [0.4, 0.5) is 0 Å². The topological polar surface area (TPSA) is 82.3 Å². The van der Waals surface area contributed by atoms with Gasteiger partial charge in [0.15, 0.2) is 12.4 Å². The molecule has 0 aliphatic heterocycles. The highest BCUT2D eigenvalue weighted by molar-refractivity contribution is 6.05. The predicted molar refractivity (Wildman–Crippen MR) is 112 cm³/mol. The van der Waals surface area contributed by atoms with Gasteiger partial charge in [-0.25, -0.2) is 9.78 Å². The predicted octanol–water partition coefficient (Wildman–Crippen LogP) is 4.80. The zero-order chi connectivity index (χ0) is 21.1. The van der Waals surface area contributed by atoms with Crippen LogP contribution in [0, 0.1) is 6.92 Å². The smallest absolute Gasteiger partial charge is 0.339 e. The van der Waals surface area contributed by atoms with E-state index in [-0.39, 0.29) is 23.7 Å². The summed E-state index contributed by atoms with van der Waals surface area (Å²) in [5.41, 5.74) is 4.09. The maximum Gasteiger partial charge on any atom is 0.339 e. The Labute approximate surface area is 173 Å². The number of carbonyl (C=O) groups excluding carboxylic acids is 2. The second kappa shape index (κ2) is 8.29. The summed E-state index contributed by atoms with van der Waals surface area (Å²) in [7, 11) is 0. The van der Waals surface area contributed by atoms with Crippen molar-refractivity contribution in [3.05, 3.63) is 83.0 Å². The third-order valence-corrected chi connectivity index (χ3v) is 4.93. The van der Waals surface area contributed by atoms with Gasteiger partial charge in [0.05, 0.1) is 22.3 Å². The van der Waals surface area contributed by atoms with Gasteiger partial charge in [0.25, 0.3) is 5.71 Å². The van der Waals surface area contributed by atoms with Gasteiger partial charge >= 0.3 is 5.97 Å². The first-order valence-corrected chi connectivity index (χ1v) is 9.68. The number of nitrogens with zero attached hydrogens (tertiary/aromatic N) is 2. The maximum absolute atomic E-state index is 12.9. The molecule has 0 saturated carbocycles. The van der Waals surface area contributed by atoms with E-state index in [1.165, 1.54) is 0 Å². The summed E-state index contributed by atoms with van der Waals surface area (Å²) in [6, 6.07) is 18.4. The number of ether oxygens (including phenoxy) is 1. The number of rotatable bonds is 6. The molecule has 0 amide bonds. The van der Waals surface area contributed by atoms with Crippen molar-refractivity contribution >= 4 is 22.9 Å². The lowest BCUT2D eigenvalue weighted by molar-refractivity contribution is 0.0476. The Balaban J connectivity index is 1.60. The fraction of sp³-hybridized carbons (Fsp3) is 0.167. The van der Waals surface area contributed by atoms with Gasteiger partial charge in [-0.3, -0.25) is 4.79 Å². The zero-order valence-electron chi connectivity index (χ0n) is 16.7. The van der Waals surface area contributed by atoms with Gasteiger partial charge in [-0.1, -0.05) is 66.7 Å². The lowest BCUT2D eigenvalue weighted by Crippen LogP contribution is -2.15. The highest BCUT2D eigenvalue weighted by atomic mass is 16.5. The molecule has 0 fully saturated rings. The van der Waals surface area contributed by atoms with Gasteiger partial charge in [0.1, 0.15) is 0 Å². The monoisotopic (exact) mass is 400 g/mol. The normalized spacial score (nSPS) is 10.9. The summed E-state index contributed by atoms with van der Waals surface area (Å²) >= 11 is 0. The minimum Gasteiger partial charge on any atom is -0.454 e. The lowest BCUT2D eigenvalue weighted by Gasteiger charge is -2.08. The number of fused-ring (bicyclic) bond motifs is 1. The largest absolute Gasteiger partial charge is 0.454 e. The Morgan fingerprint density at radius 1 is 1.03 bits per heavy atom. The number of aryl methyl sites for hydroxylation is 2. The van der Waals surface area contributed by atoms with Crippen molar-refractivity contribution in [1.82, 2.24) is 10.1 Å². The van der Waals surface area contributed by atoms with E-state index in [1.54, 1.807) is 25.1 Å². The minimum absolute atomic E-state index is 0.252. The first-order chi connectivity index (χ1) is 14.6. The van der Waals surface area contributed by atoms with Gasteiger partial charge in [0, 0.05) is 11.1 Å². The summed E-state index contributed by atoms with van der Waals surface area (Å²) in [5, 5.41) is 4.41. The number of Topliss-reactive ketones (excluding diaryl/α,β-unsaturated/α-hetero) is 1. The first kappa shape index (κ1) is 19.5. The molecule has 0 N–H and O–H groups in total. The molecule has 30 heavy (non-hydrogen) atoms. The van der Waals surface area contributed by atoms with Crippen LogP contribution in [0.2, 0.25) is 0 Å². The molecule has 6 nitrogen and oxygen atoms in total. The molecule has 2 aromatic carbocycles. The van der Waals surface area contributed by atoms with Crippen molar-refractivity contribution < 1.29 is 18.8 Å². The Morgan fingerprint density at radius 2 is 1.77 bits per heavy atom. The standard InChI is InChI=1S/C24H20N2O4/c1-3-16-9-11-18(12-10-16)21(27)14-29-24(28)19-13-20(17-7-5-4-6-8-17)25-23-22(19)15(2)26-30-23/h4-13H,3,14H2,1-2H3. The van der Waals surface area contributed by atoms with E-state index < -0.39 is 5.97 Å². The van der Waals surface area contributed by atoms with Gasteiger partial charge < -0.3 is 9.26 Å². The fourth-order valence-corrected chi connectivity index (χ4v) is 3.23. The Bertz CT molecular complexity index is 1210. The van der Waals surface area contributed by atoms with Gasteiger partial charge in [-0.05, 0) is 25.0 Å². The van der Waals surface area contributed by atoms with Crippen LogP contribution in [0.25, 0.3) is 22.4 Å². The van der Waals surface area contributed by atoms with Gasteiger partial charge in [-0.2, -0.15) is 0 Å².